The quantitative estimate of drug-likeness (QED) is 0.916. The topological polar surface area (TPSA) is 55.1 Å². The Morgan fingerprint density at radius 2 is 2.10 bits per heavy atom. The zero-order chi connectivity index (χ0) is 14.1. The van der Waals surface area contributed by atoms with Gasteiger partial charge in [-0.2, -0.15) is 0 Å². The predicted molar refractivity (Wildman–Crippen MR) is 78.7 cm³/mol. The maximum atomic E-state index is 12.1. The van der Waals surface area contributed by atoms with Gasteiger partial charge in [0.05, 0.1) is 0 Å². The smallest absolute Gasteiger partial charge is 0.227 e. The van der Waals surface area contributed by atoms with Gasteiger partial charge in [0.1, 0.15) is 5.52 Å². The molecule has 3 rings (SSSR count). The van der Waals surface area contributed by atoms with Gasteiger partial charge in [-0.25, -0.2) is 4.98 Å². The molecule has 1 amide bonds. The van der Waals surface area contributed by atoms with E-state index in [0.717, 1.165) is 48.4 Å². The molecule has 106 valence electrons. The molecule has 0 aliphatic heterocycles. The molecule has 1 aromatic heterocycles. The van der Waals surface area contributed by atoms with Gasteiger partial charge in [-0.1, -0.05) is 26.7 Å². The van der Waals surface area contributed by atoms with Gasteiger partial charge in [-0.05, 0) is 31.0 Å². The second kappa shape index (κ2) is 5.27. The lowest BCUT2D eigenvalue weighted by Crippen LogP contribution is -2.20. The van der Waals surface area contributed by atoms with Gasteiger partial charge < -0.3 is 9.73 Å². The zero-order valence-electron chi connectivity index (χ0n) is 12.0. The first-order chi connectivity index (χ1) is 9.63. The fourth-order valence-corrected chi connectivity index (χ4v) is 2.70. The summed E-state index contributed by atoms with van der Waals surface area (Å²) in [5, 5.41) is 2.99. The Kier molecular flexibility index (Phi) is 3.47. The second-order valence-electron chi connectivity index (χ2n) is 5.86. The average Bonchev–Trinajstić information content (AvgIpc) is 3.07. The Bertz CT molecular complexity index is 624. The van der Waals surface area contributed by atoms with Crippen LogP contribution in [0.3, 0.4) is 0 Å². The first-order valence-corrected chi connectivity index (χ1v) is 7.35. The van der Waals surface area contributed by atoms with E-state index in [9.17, 15) is 4.79 Å². The van der Waals surface area contributed by atoms with Crippen molar-refractivity contribution in [1.29, 1.82) is 0 Å². The van der Waals surface area contributed by atoms with Crippen molar-refractivity contribution in [2.45, 2.75) is 45.4 Å². The predicted octanol–water partition coefficient (Wildman–Crippen LogP) is 4.08. The summed E-state index contributed by atoms with van der Waals surface area (Å²) in [5.41, 5.74) is 2.38. The summed E-state index contributed by atoms with van der Waals surface area (Å²) in [6, 6.07) is 5.64. The minimum atomic E-state index is 0.134. The number of carbonyl (C=O) groups excluding carboxylic acids is 1. The summed E-state index contributed by atoms with van der Waals surface area (Å²) >= 11 is 0. The Hall–Kier alpha value is -1.84. The molecule has 0 atom stereocenters. The standard InChI is InChI=1S/C16H20N2O2/c1-10(2)16-18-13-9-12(7-8-14(13)20-16)17-15(19)11-5-3-4-6-11/h7-11H,3-6H2,1-2H3,(H,17,19). The lowest BCUT2D eigenvalue weighted by atomic mass is 10.1. The van der Waals surface area contributed by atoms with Gasteiger partial charge in [-0.15, -0.1) is 0 Å². The maximum absolute atomic E-state index is 12.1. The molecule has 0 radical (unpaired) electrons. The minimum absolute atomic E-state index is 0.134. The van der Waals surface area contributed by atoms with Gasteiger partial charge in [0.2, 0.25) is 5.91 Å². The Balaban J connectivity index is 1.79. The van der Waals surface area contributed by atoms with E-state index in [-0.39, 0.29) is 17.7 Å². The molecule has 0 saturated heterocycles. The summed E-state index contributed by atoms with van der Waals surface area (Å²) < 4.78 is 5.67. The highest BCUT2D eigenvalue weighted by Gasteiger charge is 2.22. The first-order valence-electron chi connectivity index (χ1n) is 7.35. The lowest BCUT2D eigenvalue weighted by molar-refractivity contribution is -0.119. The van der Waals surface area contributed by atoms with Crippen LogP contribution in [0, 0.1) is 5.92 Å². The number of aromatic nitrogens is 1. The third-order valence-electron chi connectivity index (χ3n) is 3.89. The summed E-state index contributed by atoms with van der Waals surface area (Å²) in [4.78, 5) is 16.6. The number of amides is 1. The van der Waals surface area contributed by atoms with Crippen LogP contribution >= 0.6 is 0 Å². The first kappa shape index (κ1) is 13.2. The van der Waals surface area contributed by atoms with Crippen LogP contribution in [-0.2, 0) is 4.79 Å². The van der Waals surface area contributed by atoms with Gasteiger partial charge in [-0.3, -0.25) is 4.79 Å². The van der Waals surface area contributed by atoms with E-state index in [1.165, 1.54) is 0 Å². The number of nitrogens with one attached hydrogen (secondary N) is 1. The van der Waals surface area contributed by atoms with E-state index >= 15 is 0 Å². The van der Waals surface area contributed by atoms with Crippen molar-refractivity contribution in [2.75, 3.05) is 5.32 Å². The SMILES string of the molecule is CC(C)c1nc2cc(NC(=O)C3CCCC3)ccc2o1. The van der Waals surface area contributed by atoms with Gasteiger partial charge in [0, 0.05) is 17.5 Å². The van der Waals surface area contributed by atoms with E-state index in [1.54, 1.807) is 0 Å². The van der Waals surface area contributed by atoms with Gasteiger partial charge in [0.15, 0.2) is 11.5 Å². The molecule has 1 aliphatic rings. The van der Waals surface area contributed by atoms with Crippen molar-refractivity contribution >= 4 is 22.7 Å². The normalized spacial score (nSPS) is 16.1. The number of benzene rings is 1. The Morgan fingerprint density at radius 3 is 2.80 bits per heavy atom. The highest BCUT2D eigenvalue weighted by molar-refractivity contribution is 5.94. The molecule has 1 aliphatic carbocycles. The van der Waals surface area contributed by atoms with Crippen molar-refractivity contribution in [1.82, 2.24) is 4.98 Å². The number of carbonyl (C=O) groups is 1. The van der Waals surface area contributed by atoms with E-state index in [0.29, 0.717) is 0 Å². The molecule has 1 fully saturated rings. The molecule has 0 spiro atoms. The van der Waals surface area contributed by atoms with Crippen LogP contribution in [0.2, 0.25) is 0 Å². The third kappa shape index (κ3) is 2.55. The molecule has 0 unspecified atom stereocenters. The molecule has 1 heterocycles. The van der Waals surface area contributed by atoms with Crippen LogP contribution < -0.4 is 5.32 Å². The van der Waals surface area contributed by atoms with Crippen molar-refractivity contribution in [3.05, 3.63) is 24.1 Å². The molecule has 2 aromatic rings. The van der Waals surface area contributed by atoms with Crippen molar-refractivity contribution < 1.29 is 9.21 Å². The lowest BCUT2D eigenvalue weighted by Gasteiger charge is -2.09. The van der Waals surface area contributed by atoms with E-state index in [4.69, 9.17) is 4.42 Å². The molecular weight excluding hydrogens is 252 g/mol. The van der Waals surface area contributed by atoms with E-state index in [1.807, 2.05) is 32.0 Å². The highest BCUT2D eigenvalue weighted by atomic mass is 16.3. The molecule has 20 heavy (non-hydrogen) atoms. The molecule has 0 bridgehead atoms. The molecule has 1 saturated carbocycles. The molecule has 4 nitrogen and oxygen atoms in total. The zero-order valence-corrected chi connectivity index (χ0v) is 12.0. The number of oxazole rings is 1. The minimum Gasteiger partial charge on any atom is -0.440 e. The Labute approximate surface area is 118 Å². The fraction of sp³-hybridized carbons (Fsp3) is 0.500. The van der Waals surface area contributed by atoms with E-state index in [2.05, 4.69) is 10.3 Å². The van der Waals surface area contributed by atoms with Gasteiger partial charge in [0.25, 0.3) is 0 Å². The number of nitrogens with zero attached hydrogens (tertiary/aromatic N) is 1. The van der Waals surface area contributed by atoms with E-state index < -0.39 is 0 Å². The largest absolute Gasteiger partial charge is 0.440 e. The average molecular weight is 272 g/mol. The van der Waals surface area contributed by atoms with Crippen molar-refractivity contribution in [3.63, 3.8) is 0 Å². The van der Waals surface area contributed by atoms with Crippen molar-refractivity contribution in [3.8, 4) is 0 Å². The highest BCUT2D eigenvalue weighted by Crippen LogP contribution is 2.27. The van der Waals surface area contributed by atoms with Crippen LogP contribution in [-0.4, -0.2) is 10.9 Å². The number of rotatable bonds is 3. The van der Waals surface area contributed by atoms with Crippen LogP contribution in [0.1, 0.15) is 51.3 Å². The molecule has 1 aromatic carbocycles. The van der Waals surface area contributed by atoms with Gasteiger partial charge >= 0.3 is 0 Å². The Morgan fingerprint density at radius 1 is 1.35 bits per heavy atom. The summed E-state index contributed by atoms with van der Waals surface area (Å²) in [7, 11) is 0. The second-order valence-corrected chi connectivity index (χ2v) is 5.86. The summed E-state index contributed by atoms with van der Waals surface area (Å²) in [5.74, 6) is 1.31. The number of hydrogen-bond acceptors (Lipinski definition) is 3. The number of anilines is 1. The van der Waals surface area contributed by atoms with Crippen LogP contribution in [0.4, 0.5) is 5.69 Å². The molecular formula is C16H20N2O2. The molecule has 1 N–H and O–H groups in total. The van der Waals surface area contributed by atoms with Crippen LogP contribution in [0.5, 0.6) is 0 Å². The monoisotopic (exact) mass is 272 g/mol. The number of fused-ring (bicyclic) bond motifs is 1. The molecule has 4 heteroatoms. The number of hydrogen-bond donors (Lipinski definition) is 1. The third-order valence-corrected chi connectivity index (χ3v) is 3.89. The summed E-state index contributed by atoms with van der Waals surface area (Å²) in [6.07, 6.45) is 4.35. The van der Waals surface area contributed by atoms with Crippen LogP contribution in [0.25, 0.3) is 11.1 Å². The fourth-order valence-electron chi connectivity index (χ4n) is 2.70. The van der Waals surface area contributed by atoms with Crippen LogP contribution in [0.15, 0.2) is 22.6 Å². The maximum Gasteiger partial charge on any atom is 0.227 e. The van der Waals surface area contributed by atoms with Crippen molar-refractivity contribution in [2.24, 2.45) is 5.92 Å². The summed E-state index contributed by atoms with van der Waals surface area (Å²) in [6.45, 7) is 4.10.